The van der Waals surface area contributed by atoms with E-state index in [0.717, 1.165) is 25.6 Å². The number of hydrogen-bond donors (Lipinski definition) is 1. The Kier molecular flexibility index (Phi) is 8.97. The lowest BCUT2D eigenvalue weighted by Crippen LogP contribution is -2.48. The van der Waals surface area contributed by atoms with Crippen molar-refractivity contribution < 1.29 is 13.2 Å². The van der Waals surface area contributed by atoms with Gasteiger partial charge in [-0.2, -0.15) is 0 Å². The fraction of sp³-hybridized carbons (Fsp3) is 0.632. The van der Waals surface area contributed by atoms with Gasteiger partial charge in [0.15, 0.2) is 5.96 Å². The Balaban J connectivity index is 0.00000280. The van der Waals surface area contributed by atoms with Gasteiger partial charge in [-0.1, -0.05) is 24.3 Å². The number of rotatable bonds is 5. The number of sulfonamides is 1. The summed E-state index contributed by atoms with van der Waals surface area (Å²) in [7, 11) is -3.06. The zero-order valence-corrected chi connectivity index (χ0v) is 19.8. The summed E-state index contributed by atoms with van der Waals surface area (Å²) in [6, 6.07) is 8.30. The topological polar surface area (TPSA) is 74.2 Å². The largest absolute Gasteiger partial charge is 0.370 e. The van der Waals surface area contributed by atoms with E-state index in [9.17, 15) is 8.42 Å². The smallest absolute Gasteiger partial charge is 0.214 e. The predicted molar refractivity (Wildman–Crippen MR) is 123 cm³/mol. The Morgan fingerprint density at radius 3 is 2.79 bits per heavy atom. The van der Waals surface area contributed by atoms with Crippen LogP contribution >= 0.6 is 24.0 Å². The molecule has 3 rings (SSSR count). The van der Waals surface area contributed by atoms with Crippen molar-refractivity contribution in [1.82, 2.24) is 14.5 Å². The van der Waals surface area contributed by atoms with Crippen molar-refractivity contribution in [2.24, 2.45) is 4.99 Å². The molecule has 2 aliphatic heterocycles. The standard InChI is InChI=1S/C19H30N4O3S.HI/c1-3-20-19(21-9-11-23-10-6-14-27(23,24)25)22-12-13-26-18(15-22)17-8-5-4-7-16(17)2;/h4-5,7-8,18H,3,6,9-15H2,1-2H3,(H,20,21);1H. The number of halogens is 1. The summed E-state index contributed by atoms with van der Waals surface area (Å²) in [5.74, 6) is 1.09. The van der Waals surface area contributed by atoms with Crippen molar-refractivity contribution in [3.63, 3.8) is 0 Å². The molecule has 0 amide bonds. The Hall–Kier alpha value is -0.910. The van der Waals surface area contributed by atoms with Gasteiger partial charge in [-0.3, -0.25) is 4.99 Å². The molecular formula is C19H31IN4O3S. The van der Waals surface area contributed by atoms with Crippen LogP contribution in [0, 0.1) is 6.92 Å². The van der Waals surface area contributed by atoms with E-state index in [1.165, 1.54) is 11.1 Å². The van der Waals surface area contributed by atoms with Crippen molar-refractivity contribution in [3.05, 3.63) is 35.4 Å². The number of ether oxygens (including phenoxy) is 1. The predicted octanol–water partition coefficient (Wildman–Crippen LogP) is 1.99. The monoisotopic (exact) mass is 522 g/mol. The second kappa shape index (κ2) is 10.7. The maximum absolute atomic E-state index is 11.9. The lowest BCUT2D eigenvalue weighted by atomic mass is 10.0. The number of nitrogens with zero attached hydrogens (tertiary/aromatic N) is 3. The summed E-state index contributed by atoms with van der Waals surface area (Å²) in [6.07, 6.45) is 0.732. The molecule has 1 aromatic rings. The molecule has 0 spiro atoms. The SMILES string of the molecule is CCNC(=NCCN1CCCS1(=O)=O)N1CCOC(c2ccccc2C)C1.I. The minimum atomic E-state index is -3.06. The van der Waals surface area contributed by atoms with E-state index in [-0.39, 0.29) is 35.8 Å². The van der Waals surface area contributed by atoms with Gasteiger partial charge in [-0.25, -0.2) is 12.7 Å². The number of aryl methyl sites for hydroxylation is 1. The third-order valence-electron chi connectivity index (χ3n) is 5.05. The van der Waals surface area contributed by atoms with Crippen LogP contribution < -0.4 is 5.32 Å². The molecule has 9 heteroatoms. The van der Waals surface area contributed by atoms with Crippen LogP contribution in [-0.4, -0.2) is 75.2 Å². The molecular weight excluding hydrogens is 491 g/mol. The number of aliphatic imine (C=N–C) groups is 1. The number of morpholine rings is 1. The minimum absolute atomic E-state index is 0. The van der Waals surface area contributed by atoms with Crippen molar-refractivity contribution in [3.8, 4) is 0 Å². The highest BCUT2D eigenvalue weighted by Crippen LogP contribution is 2.25. The molecule has 2 heterocycles. The average molecular weight is 522 g/mol. The minimum Gasteiger partial charge on any atom is -0.370 e. The zero-order valence-electron chi connectivity index (χ0n) is 16.6. The quantitative estimate of drug-likeness (QED) is 0.364. The molecule has 1 N–H and O–H groups in total. The molecule has 0 aromatic heterocycles. The Morgan fingerprint density at radius 1 is 1.32 bits per heavy atom. The van der Waals surface area contributed by atoms with Crippen LogP contribution in [0.3, 0.4) is 0 Å². The van der Waals surface area contributed by atoms with Gasteiger partial charge in [0.2, 0.25) is 10.0 Å². The van der Waals surface area contributed by atoms with Crippen LogP contribution in [0.15, 0.2) is 29.3 Å². The van der Waals surface area contributed by atoms with Gasteiger partial charge >= 0.3 is 0 Å². The van der Waals surface area contributed by atoms with E-state index in [2.05, 4.69) is 34.3 Å². The molecule has 2 saturated heterocycles. The first-order chi connectivity index (χ1) is 13.0. The number of guanidine groups is 1. The van der Waals surface area contributed by atoms with Crippen molar-refractivity contribution in [1.29, 1.82) is 0 Å². The summed E-state index contributed by atoms with van der Waals surface area (Å²) in [6.45, 7) is 8.59. The second-order valence-corrected chi connectivity index (χ2v) is 9.05. The number of nitrogens with one attached hydrogen (secondary N) is 1. The van der Waals surface area contributed by atoms with Crippen LogP contribution in [0.25, 0.3) is 0 Å². The van der Waals surface area contributed by atoms with Crippen molar-refractivity contribution >= 4 is 40.0 Å². The van der Waals surface area contributed by atoms with Gasteiger partial charge in [0.05, 0.1) is 25.4 Å². The Morgan fingerprint density at radius 2 is 2.11 bits per heavy atom. The summed E-state index contributed by atoms with van der Waals surface area (Å²) in [4.78, 5) is 6.90. The normalized spacial score (nSPS) is 22.7. The lowest BCUT2D eigenvalue weighted by molar-refractivity contribution is -0.00832. The number of benzene rings is 1. The van der Waals surface area contributed by atoms with E-state index in [1.54, 1.807) is 4.31 Å². The van der Waals surface area contributed by atoms with E-state index in [4.69, 9.17) is 4.74 Å². The molecule has 158 valence electrons. The van der Waals surface area contributed by atoms with Crippen LogP contribution in [-0.2, 0) is 14.8 Å². The maximum atomic E-state index is 11.9. The summed E-state index contributed by atoms with van der Waals surface area (Å²) in [5, 5.41) is 3.34. The van der Waals surface area contributed by atoms with E-state index < -0.39 is 10.0 Å². The fourth-order valence-electron chi connectivity index (χ4n) is 3.61. The summed E-state index contributed by atoms with van der Waals surface area (Å²) >= 11 is 0. The van der Waals surface area contributed by atoms with Crippen LogP contribution in [0.4, 0.5) is 0 Å². The summed E-state index contributed by atoms with van der Waals surface area (Å²) in [5.41, 5.74) is 2.44. The highest BCUT2D eigenvalue weighted by Gasteiger charge is 2.28. The molecule has 1 atom stereocenters. The second-order valence-electron chi connectivity index (χ2n) is 6.97. The maximum Gasteiger partial charge on any atom is 0.214 e. The molecule has 0 aliphatic carbocycles. The summed E-state index contributed by atoms with van der Waals surface area (Å²) < 4.78 is 31.4. The molecule has 2 aliphatic rings. The molecule has 2 fully saturated rings. The highest BCUT2D eigenvalue weighted by molar-refractivity contribution is 14.0. The molecule has 28 heavy (non-hydrogen) atoms. The van der Waals surface area contributed by atoms with E-state index >= 15 is 0 Å². The molecule has 7 nitrogen and oxygen atoms in total. The van der Waals surface area contributed by atoms with Gasteiger partial charge in [0, 0.05) is 26.2 Å². The first-order valence-electron chi connectivity index (χ1n) is 9.69. The molecule has 0 saturated carbocycles. The lowest BCUT2D eigenvalue weighted by Gasteiger charge is -2.36. The first-order valence-corrected chi connectivity index (χ1v) is 11.3. The van der Waals surface area contributed by atoms with E-state index in [0.29, 0.717) is 32.7 Å². The van der Waals surface area contributed by atoms with Crippen LogP contribution in [0.2, 0.25) is 0 Å². The first kappa shape index (κ1) is 23.4. The zero-order chi connectivity index (χ0) is 19.3. The Bertz CT molecular complexity index is 772. The van der Waals surface area contributed by atoms with Gasteiger partial charge in [-0.05, 0) is 31.4 Å². The Labute approximate surface area is 185 Å². The van der Waals surface area contributed by atoms with Gasteiger partial charge in [0.1, 0.15) is 6.10 Å². The third-order valence-corrected chi connectivity index (χ3v) is 7.01. The van der Waals surface area contributed by atoms with Crippen LogP contribution in [0.1, 0.15) is 30.6 Å². The molecule has 0 bridgehead atoms. The van der Waals surface area contributed by atoms with Crippen molar-refractivity contribution in [2.75, 3.05) is 51.6 Å². The average Bonchev–Trinajstić information content (AvgIpc) is 3.00. The third kappa shape index (κ3) is 5.80. The fourth-order valence-corrected chi connectivity index (χ4v) is 5.13. The van der Waals surface area contributed by atoms with Gasteiger partial charge in [-0.15, -0.1) is 24.0 Å². The van der Waals surface area contributed by atoms with Crippen LogP contribution in [0.5, 0.6) is 0 Å². The molecule has 1 aromatic carbocycles. The number of hydrogen-bond acceptors (Lipinski definition) is 4. The van der Waals surface area contributed by atoms with Crippen molar-refractivity contribution in [2.45, 2.75) is 26.4 Å². The molecule has 0 radical (unpaired) electrons. The molecule has 1 unspecified atom stereocenters. The highest BCUT2D eigenvalue weighted by atomic mass is 127. The van der Waals surface area contributed by atoms with Gasteiger partial charge < -0.3 is 15.0 Å². The van der Waals surface area contributed by atoms with E-state index in [1.807, 2.05) is 19.1 Å². The van der Waals surface area contributed by atoms with Gasteiger partial charge in [0.25, 0.3) is 0 Å².